The lowest BCUT2D eigenvalue weighted by Crippen LogP contribution is -2.45. The summed E-state index contributed by atoms with van der Waals surface area (Å²) in [6.07, 6.45) is 4.12. The summed E-state index contributed by atoms with van der Waals surface area (Å²) in [5, 5.41) is 13.4. The zero-order chi connectivity index (χ0) is 13.2. The largest absolute Gasteiger partial charge is 0.399 e. The number of anilines is 2. The molecule has 1 aromatic rings. The molecule has 0 radical (unpaired) electrons. The van der Waals surface area contributed by atoms with Crippen molar-refractivity contribution in [3.63, 3.8) is 0 Å². The zero-order valence-electron chi connectivity index (χ0n) is 10.6. The van der Waals surface area contributed by atoms with Gasteiger partial charge in [0.15, 0.2) is 0 Å². The standard InChI is InChI=1S/C13H20ClN3O/c1-9-2-4-13(8-18,5-3-9)17-12-7-10(15)6-11(14)16-12/h6-7,9,18H,2-5,8H2,1H3,(H3,15,16,17). The molecule has 0 aromatic carbocycles. The molecule has 1 aromatic heterocycles. The van der Waals surface area contributed by atoms with Crippen molar-refractivity contribution in [2.75, 3.05) is 17.7 Å². The van der Waals surface area contributed by atoms with Crippen LogP contribution in [0.2, 0.25) is 5.15 Å². The fraction of sp³-hybridized carbons (Fsp3) is 0.615. The van der Waals surface area contributed by atoms with Gasteiger partial charge in [-0.1, -0.05) is 18.5 Å². The number of nitrogens with two attached hydrogens (primary N) is 1. The molecule has 100 valence electrons. The second-order valence-corrected chi connectivity index (χ2v) is 5.74. The number of aromatic nitrogens is 1. The van der Waals surface area contributed by atoms with Gasteiger partial charge in [-0.15, -0.1) is 0 Å². The van der Waals surface area contributed by atoms with Gasteiger partial charge in [-0.05, 0) is 37.7 Å². The normalized spacial score (nSPS) is 28.1. The van der Waals surface area contributed by atoms with Crippen molar-refractivity contribution >= 4 is 23.1 Å². The van der Waals surface area contributed by atoms with E-state index in [9.17, 15) is 5.11 Å². The van der Waals surface area contributed by atoms with E-state index in [2.05, 4.69) is 17.2 Å². The average molecular weight is 270 g/mol. The first-order chi connectivity index (χ1) is 8.53. The Morgan fingerprint density at radius 3 is 2.72 bits per heavy atom. The molecule has 0 spiro atoms. The molecule has 1 fully saturated rings. The van der Waals surface area contributed by atoms with E-state index in [-0.39, 0.29) is 12.1 Å². The third-order valence-electron chi connectivity index (χ3n) is 3.74. The molecular weight excluding hydrogens is 250 g/mol. The fourth-order valence-corrected chi connectivity index (χ4v) is 2.71. The summed E-state index contributed by atoms with van der Waals surface area (Å²) in [5.41, 5.74) is 6.04. The van der Waals surface area contributed by atoms with E-state index >= 15 is 0 Å². The molecule has 0 amide bonds. The van der Waals surface area contributed by atoms with E-state index in [0.717, 1.165) is 31.6 Å². The van der Waals surface area contributed by atoms with Crippen LogP contribution in [0.15, 0.2) is 12.1 Å². The van der Waals surface area contributed by atoms with Crippen molar-refractivity contribution < 1.29 is 5.11 Å². The third-order valence-corrected chi connectivity index (χ3v) is 3.94. The molecule has 1 aliphatic rings. The van der Waals surface area contributed by atoms with Crippen molar-refractivity contribution in [1.82, 2.24) is 4.98 Å². The maximum atomic E-state index is 9.67. The molecule has 0 bridgehead atoms. The van der Waals surface area contributed by atoms with Crippen molar-refractivity contribution in [3.05, 3.63) is 17.3 Å². The summed E-state index contributed by atoms with van der Waals surface area (Å²) in [4.78, 5) is 4.20. The average Bonchev–Trinajstić information content (AvgIpc) is 2.31. The first-order valence-corrected chi connectivity index (χ1v) is 6.73. The van der Waals surface area contributed by atoms with Crippen LogP contribution in [-0.2, 0) is 0 Å². The van der Waals surface area contributed by atoms with Crippen LogP contribution >= 0.6 is 11.6 Å². The molecule has 0 unspecified atom stereocenters. The molecule has 4 N–H and O–H groups in total. The Kier molecular flexibility index (Phi) is 3.97. The number of aliphatic hydroxyl groups is 1. The number of hydrogen-bond acceptors (Lipinski definition) is 4. The molecule has 5 heteroatoms. The Bertz CT molecular complexity index is 396. The van der Waals surface area contributed by atoms with E-state index in [0.29, 0.717) is 16.7 Å². The SMILES string of the molecule is CC1CCC(CO)(Nc2cc(N)cc(Cl)n2)CC1. The van der Waals surface area contributed by atoms with Gasteiger partial charge in [-0.3, -0.25) is 0 Å². The Morgan fingerprint density at radius 2 is 2.17 bits per heavy atom. The van der Waals surface area contributed by atoms with Crippen LogP contribution in [0.5, 0.6) is 0 Å². The minimum atomic E-state index is -0.281. The van der Waals surface area contributed by atoms with Gasteiger partial charge in [-0.25, -0.2) is 4.98 Å². The number of nitrogens with one attached hydrogen (secondary N) is 1. The topological polar surface area (TPSA) is 71.2 Å². The maximum absolute atomic E-state index is 9.67. The summed E-state index contributed by atoms with van der Waals surface area (Å²) < 4.78 is 0. The Balaban J connectivity index is 2.14. The highest BCUT2D eigenvalue weighted by Crippen LogP contribution is 2.34. The highest BCUT2D eigenvalue weighted by atomic mass is 35.5. The van der Waals surface area contributed by atoms with Gasteiger partial charge >= 0.3 is 0 Å². The van der Waals surface area contributed by atoms with Gasteiger partial charge in [0.25, 0.3) is 0 Å². The minimum absolute atomic E-state index is 0.105. The van der Waals surface area contributed by atoms with Gasteiger partial charge in [0.2, 0.25) is 0 Å². The Hall–Kier alpha value is -1.00. The summed E-state index contributed by atoms with van der Waals surface area (Å²) in [6.45, 7) is 2.35. The second kappa shape index (κ2) is 5.33. The first-order valence-electron chi connectivity index (χ1n) is 6.35. The molecule has 2 rings (SSSR count). The summed E-state index contributed by atoms with van der Waals surface area (Å²) in [5.74, 6) is 1.37. The van der Waals surface area contributed by atoms with Gasteiger partial charge in [-0.2, -0.15) is 0 Å². The minimum Gasteiger partial charge on any atom is -0.399 e. The highest BCUT2D eigenvalue weighted by Gasteiger charge is 2.33. The molecule has 4 nitrogen and oxygen atoms in total. The summed E-state index contributed by atoms with van der Waals surface area (Å²) >= 11 is 5.89. The van der Waals surface area contributed by atoms with Crippen molar-refractivity contribution in [3.8, 4) is 0 Å². The molecular formula is C13H20ClN3O. The molecule has 1 heterocycles. The summed E-state index contributed by atoms with van der Waals surface area (Å²) in [7, 11) is 0. The van der Waals surface area contributed by atoms with E-state index in [1.807, 2.05) is 0 Å². The van der Waals surface area contributed by atoms with E-state index in [4.69, 9.17) is 17.3 Å². The number of pyridine rings is 1. The smallest absolute Gasteiger partial charge is 0.133 e. The molecule has 1 aliphatic carbocycles. The second-order valence-electron chi connectivity index (χ2n) is 5.35. The fourth-order valence-electron chi connectivity index (χ4n) is 2.49. The van der Waals surface area contributed by atoms with Gasteiger partial charge in [0, 0.05) is 11.8 Å². The maximum Gasteiger partial charge on any atom is 0.133 e. The predicted octanol–water partition coefficient (Wildman–Crippen LogP) is 2.67. The van der Waals surface area contributed by atoms with E-state index in [1.54, 1.807) is 12.1 Å². The van der Waals surface area contributed by atoms with Crippen LogP contribution in [0.1, 0.15) is 32.6 Å². The van der Waals surface area contributed by atoms with Crippen LogP contribution < -0.4 is 11.1 Å². The lowest BCUT2D eigenvalue weighted by atomic mass is 9.77. The molecule has 0 aliphatic heterocycles. The predicted molar refractivity (Wildman–Crippen MR) is 74.7 cm³/mol. The van der Waals surface area contributed by atoms with Crippen molar-refractivity contribution in [2.24, 2.45) is 5.92 Å². The van der Waals surface area contributed by atoms with Crippen LogP contribution in [-0.4, -0.2) is 22.2 Å². The van der Waals surface area contributed by atoms with Crippen molar-refractivity contribution in [1.29, 1.82) is 0 Å². The number of hydrogen-bond donors (Lipinski definition) is 3. The quantitative estimate of drug-likeness (QED) is 0.738. The molecule has 0 saturated heterocycles. The number of nitrogens with zero attached hydrogens (tertiary/aromatic N) is 1. The van der Waals surface area contributed by atoms with Crippen LogP contribution in [0.25, 0.3) is 0 Å². The summed E-state index contributed by atoms with van der Waals surface area (Å²) in [6, 6.07) is 3.36. The Labute approximate surface area is 113 Å². The molecule has 18 heavy (non-hydrogen) atoms. The number of rotatable bonds is 3. The van der Waals surface area contributed by atoms with Gasteiger partial charge in [0.05, 0.1) is 12.1 Å². The van der Waals surface area contributed by atoms with Crippen LogP contribution in [0.4, 0.5) is 11.5 Å². The third kappa shape index (κ3) is 3.06. The number of halogens is 1. The number of aliphatic hydroxyl groups excluding tert-OH is 1. The van der Waals surface area contributed by atoms with Crippen LogP contribution in [0, 0.1) is 5.92 Å². The van der Waals surface area contributed by atoms with Crippen molar-refractivity contribution in [2.45, 2.75) is 38.1 Å². The Morgan fingerprint density at radius 1 is 1.50 bits per heavy atom. The van der Waals surface area contributed by atoms with E-state index in [1.165, 1.54) is 0 Å². The lowest BCUT2D eigenvalue weighted by molar-refractivity contribution is 0.155. The first kappa shape index (κ1) is 13.4. The monoisotopic (exact) mass is 269 g/mol. The molecule has 1 saturated carbocycles. The van der Waals surface area contributed by atoms with Gasteiger partial charge < -0.3 is 16.2 Å². The van der Waals surface area contributed by atoms with E-state index < -0.39 is 0 Å². The number of nitrogen functional groups attached to an aromatic ring is 1. The highest BCUT2D eigenvalue weighted by molar-refractivity contribution is 6.29. The van der Waals surface area contributed by atoms with Crippen LogP contribution in [0.3, 0.4) is 0 Å². The zero-order valence-corrected chi connectivity index (χ0v) is 11.4. The lowest BCUT2D eigenvalue weighted by Gasteiger charge is -2.39. The molecule has 0 atom stereocenters. The van der Waals surface area contributed by atoms with Gasteiger partial charge in [0.1, 0.15) is 11.0 Å².